The third-order valence-electron chi connectivity index (χ3n) is 3.08. The van der Waals surface area contributed by atoms with Gasteiger partial charge in [-0.3, -0.25) is 4.90 Å². The first-order valence-electron chi connectivity index (χ1n) is 6.05. The van der Waals surface area contributed by atoms with Gasteiger partial charge in [-0.05, 0) is 0 Å². The lowest BCUT2D eigenvalue weighted by Gasteiger charge is -2.25. The number of rotatable bonds is 3. The van der Waals surface area contributed by atoms with Gasteiger partial charge in [-0.2, -0.15) is 4.98 Å². The highest BCUT2D eigenvalue weighted by atomic mass is 16.5. The monoisotopic (exact) mass is 248 g/mol. The fourth-order valence-electron chi connectivity index (χ4n) is 2.05. The molecule has 1 aliphatic heterocycles. The van der Waals surface area contributed by atoms with Crippen LogP contribution in [0.15, 0.2) is 17.0 Å². The Kier molecular flexibility index (Phi) is 3.07. The highest BCUT2D eigenvalue weighted by Gasteiger charge is 2.16. The largest absolute Gasteiger partial charge is 0.332 e. The van der Waals surface area contributed by atoms with E-state index >= 15 is 0 Å². The Morgan fingerprint density at radius 2 is 2.22 bits per heavy atom. The first-order valence-corrected chi connectivity index (χ1v) is 6.05. The Morgan fingerprint density at radius 1 is 1.39 bits per heavy atom. The predicted octanol–water partition coefficient (Wildman–Crippen LogP) is -0.125. The van der Waals surface area contributed by atoms with Gasteiger partial charge >= 0.3 is 0 Å². The summed E-state index contributed by atoms with van der Waals surface area (Å²) in [4.78, 5) is 10.8. The maximum Gasteiger partial charge on any atom is 0.276 e. The number of nitrogens with zero attached hydrogens (tertiary/aromatic N) is 5. The molecule has 2 aromatic heterocycles. The van der Waals surface area contributed by atoms with E-state index in [-0.39, 0.29) is 0 Å². The van der Waals surface area contributed by atoms with Gasteiger partial charge in [0, 0.05) is 33.2 Å². The summed E-state index contributed by atoms with van der Waals surface area (Å²) < 4.78 is 7.13. The zero-order valence-corrected chi connectivity index (χ0v) is 10.3. The van der Waals surface area contributed by atoms with Crippen LogP contribution >= 0.6 is 0 Å². The molecule has 0 atom stereocenters. The van der Waals surface area contributed by atoms with Crippen LogP contribution in [0.3, 0.4) is 0 Å². The average Bonchev–Trinajstić information content (AvgIpc) is 2.99. The molecule has 0 bridgehead atoms. The zero-order chi connectivity index (χ0) is 12.4. The highest BCUT2D eigenvalue weighted by molar-refractivity contribution is 5.45. The lowest BCUT2D eigenvalue weighted by molar-refractivity contribution is 0.225. The minimum absolute atomic E-state index is 0.528. The second-order valence-corrected chi connectivity index (χ2v) is 4.43. The van der Waals surface area contributed by atoms with E-state index < -0.39 is 0 Å². The van der Waals surface area contributed by atoms with Crippen molar-refractivity contribution in [3.8, 4) is 11.6 Å². The highest BCUT2D eigenvalue weighted by Crippen LogP contribution is 2.15. The smallest absolute Gasteiger partial charge is 0.276 e. The minimum Gasteiger partial charge on any atom is -0.332 e. The number of imidazole rings is 1. The van der Waals surface area contributed by atoms with Crippen molar-refractivity contribution in [3.63, 3.8) is 0 Å². The van der Waals surface area contributed by atoms with Crippen molar-refractivity contribution in [2.45, 2.75) is 6.54 Å². The molecule has 7 nitrogen and oxygen atoms in total. The first kappa shape index (κ1) is 11.4. The molecule has 3 rings (SSSR count). The molecule has 3 heterocycles. The van der Waals surface area contributed by atoms with E-state index in [1.165, 1.54) is 0 Å². The Bertz CT molecular complexity index is 513. The number of nitrogens with one attached hydrogen (secondary N) is 1. The number of hydrogen-bond acceptors (Lipinski definition) is 6. The number of aryl methyl sites for hydroxylation is 1. The molecule has 0 spiro atoms. The molecule has 1 N–H and O–H groups in total. The molecule has 0 saturated carbocycles. The van der Waals surface area contributed by atoms with E-state index in [9.17, 15) is 0 Å². The third kappa shape index (κ3) is 2.27. The predicted molar refractivity (Wildman–Crippen MR) is 64.6 cm³/mol. The van der Waals surface area contributed by atoms with E-state index in [0.29, 0.717) is 5.89 Å². The van der Waals surface area contributed by atoms with Crippen molar-refractivity contribution in [1.82, 2.24) is 29.9 Å². The first-order chi connectivity index (χ1) is 8.83. The van der Waals surface area contributed by atoms with Crippen LogP contribution in [0.4, 0.5) is 0 Å². The van der Waals surface area contributed by atoms with Crippen molar-refractivity contribution < 1.29 is 4.52 Å². The van der Waals surface area contributed by atoms with Gasteiger partial charge in [-0.25, -0.2) is 4.98 Å². The second-order valence-electron chi connectivity index (χ2n) is 4.43. The van der Waals surface area contributed by atoms with Gasteiger partial charge < -0.3 is 14.4 Å². The number of aromatic nitrogens is 4. The van der Waals surface area contributed by atoms with Crippen molar-refractivity contribution >= 4 is 0 Å². The van der Waals surface area contributed by atoms with Crippen molar-refractivity contribution in [1.29, 1.82) is 0 Å². The van der Waals surface area contributed by atoms with E-state index in [0.717, 1.165) is 44.2 Å². The maximum atomic E-state index is 5.27. The lowest BCUT2D eigenvalue weighted by atomic mass is 10.3. The van der Waals surface area contributed by atoms with Crippen LogP contribution in [0.1, 0.15) is 5.82 Å². The van der Waals surface area contributed by atoms with E-state index in [4.69, 9.17) is 4.52 Å². The van der Waals surface area contributed by atoms with Crippen molar-refractivity contribution in [3.05, 3.63) is 18.3 Å². The van der Waals surface area contributed by atoms with Gasteiger partial charge in [0.1, 0.15) is 5.69 Å². The van der Waals surface area contributed by atoms with E-state index in [1.54, 1.807) is 12.5 Å². The van der Waals surface area contributed by atoms with E-state index in [2.05, 4.69) is 25.3 Å². The molecule has 96 valence electrons. The molecule has 0 radical (unpaired) electrons. The SMILES string of the molecule is Cn1cncc1-c1nc(CN2CCNCC2)no1. The molecule has 0 aliphatic carbocycles. The van der Waals surface area contributed by atoms with Crippen LogP contribution in [-0.4, -0.2) is 50.8 Å². The molecular formula is C11H16N6O. The Hall–Kier alpha value is -1.73. The Labute approximate surface area is 105 Å². The van der Waals surface area contributed by atoms with Crippen LogP contribution < -0.4 is 5.32 Å². The average molecular weight is 248 g/mol. The minimum atomic E-state index is 0.528. The van der Waals surface area contributed by atoms with Crippen molar-refractivity contribution in [2.75, 3.05) is 26.2 Å². The summed E-state index contributed by atoms with van der Waals surface area (Å²) in [5.74, 6) is 1.26. The van der Waals surface area contributed by atoms with Crippen LogP contribution in [0.25, 0.3) is 11.6 Å². The van der Waals surface area contributed by atoms with E-state index in [1.807, 2.05) is 11.6 Å². The number of hydrogen-bond donors (Lipinski definition) is 1. The summed E-state index contributed by atoms with van der Waals surface area (Å²) in [6.45, 7) is 4.83. The molecule has 0 amide bonds. The standard InChI is InChI=1S/C11H16N6O/c1-16-8-13-6-9(16)11-14-10(15-18-11)7-17-4-2-12-3-5-17/h6,8,12H,2-5,7H2,1H3. The summed E-state index contributed by atoms with van der Waals surface area (Å²) in [6, 6.07) is 0. The third-order valence-corrected chi connectivity index (χ3v) is 3.08. The summed E-state index contributed by atoms with van der Waals surface area (Å²) in [6.07, 6.45) is 3.44. The molecule has 1 fully saturated rings. The topological polar surface area (TPSA) is 72.0 Å². The molecule has 2 aromatic rings. The van der Waals surface area contributed by atoms with Crippen molar-refractivity contribution in [2.24, 2.45) is 7.05 Å². The maximum absolute atomic E-state index is 5.27. The Balaban J connectivity index is 1.71. The summed E-state index contributed by atoms with van der Waals surface area (Å²) >= 11 is 0. The molecular weight excluding hydrogens is 232 g/mol. The summed E-state index contributed by atoms with van der Waals surface area (Å²) in [5.41, 5.74) is 0.842. The van der Waals surface area contributed by atoms with Gasteiger partial charge in [-0.1, -0.05) is 5.16 Å². The summed E-state index contributed by atoms with van der Waals surface area (Å²) in [5, 5.41) is 7.34. The van der Waals surface area contributed by atoms with Gasteiger partial charge in [0.15, 0.2) is 5.82 Å². The fourth-order valence-corrected chi connectivity index (χ4v) is 2.05. The van der Waals surface area contributed by atoms with Crippen LogP contribution in [-0.2, 0) is 13.6 Å². The van der Waals surface area contributed by atoms with Gasteiger partial charge in [0.25, 0.3) is 5.89 Å². The lowest BCUT2D eigenvalue weighted by Crippen LogP contribution is -2.43. The summed E-state index contributed by atoms with van der Waals surface area (Å²) in [7, 11) is 1.91. The molecule has 18 heavy (non-hydrogen) atoms. The zero-order valence-electron chi connectivity index (χ0n) is 10.3. The van der Waals surface area contributed by atoms with Gasteiger partial charge in [-0.15, -0.1) is 0 Å². The Morgan fingerprint density at radius 3 is 2.94 bits per heavy atom. The van der Waals surface area contributed by atoms with Crippen LogP contribution in [0.2, 0.25) is 0 Å². The van der Waals surface area contributed by atoms with Gasteiger partial charge in [0.05, 0.1) is 19.1 Å². The van der Waals surface area contributed by atoms with Crippen LogP contribution in [0, 0.1) is 0 Å². The van der Waals surface area contributed by atoms with Gasteiger partial charge in [0.2, 0.25) is 0 Å². The van der Waals surface area contributed by atoms with Crippen LogP contribution in [0.5, 0.6) is 0 Å². The fraction of sp³-hybridized carbons (Fsp3) is 0.545. The molecule has 7 heteroatoms. The second kappa shape index (κ2) is 4.87. The quantitative estimate of drug-likeness (QED) is 0.816. The normalized spacial score (nSPS) is 17.2. The molecule has 1 saturated heterocycles. The molecule has 1 aliphatic rings. The number of piperazine rings is 1. The molecule has 0 aromatic carbocycles. The molecule has 0 unspecified atom stereocenters.